The van der Waals surface area contributed by atoms with Crippen molar-refractivity contribution in [2.45, 2.75) is 33.9 Å². The van der Waals surface area contributed by atoms with E-state index < -0.39 is 0 Å². The highest BCUT2D eigenvalue weighted by atomic mass is 35.5. The van der Waals surface area contributed by atoms with Crippen LogP contribution in [0.1, 0.15) is 34.2 Å². The molecule has 0 atom stereocenters. The number of aromatic nitrogens is 4. The van der Waals surface area contributed by atoms with E-state index in [2.05, 4.69) is 15.5 Å². The molecule has 0 saturated carbocycles. The van der Waals surface area contributed by atoms with Crippen molar-refractivity contribution in [3.8, 4) is 0 Å². The molecule has 1 amide bonds. The van der Waals surface area contributed by atoms with Crippen LogP contribution in [0.4, 0.5) is 10.1 Å². The number of amides is 1. The Hall–Kier alpha value is -2.67. The summed E-state index contributed by atoms with van der Waals surface area (Å²) in [5.41, 5.74) is 3.37. The second-order valence-electron chi connectivity index (χ2n) is 5.98. The first-order valence-corrected chi connectivity index (χ1v) is 8.58. The Balaban J connectivity index is 1.82. The van der Waals surface area contributed by atoms with E-state index in [0.29, 0.717) is 35.1 Å². The van der Waals surface area contributed by atoms with Crippen molar-refractivity contribution in [1.82, 2.24) is 19.6 Å². The molecule has 0 aliphatic heterocycles. The van der Waals surface area contributed by atoms with Gasteiger partial charge in [-0.3, -0.25) is 14.2 Å². The zero-order valence-electron chi connectivity index (χ0n) is 14.8. The lowest BCUT2D eigenvalue weighted by atomic mass is 10.2. The zero-order valence-corrected chi connectivity index (χ0v) is 15.5. The molecule has 0 fully saturated rings. The Morgan fingerprint density at radius 3 is 2.77 bits per heavy atom. The van der Waals surface area contributed by atoms with Crippen molar-refractivity contribution in [2.75, 3.05) is 5.32 Å². The smallest absolute Gasteiger partial charge is 0.258 e. The molecule has 0 radical (unpaired) electrons. The van der Waals surface area contributed by atoms with Crippen LogP contribution in [0.3, 0.4) is 0 Å². The summed E-state index contributed by atoms with van der Waals surface area (Å²) in [6, 6.07) is 4.27. The van der Waals surface area contributed by atoms with Crippen LogP contribution in [0.5, 0.6) is 0 Å². The normalized spacial score (nSPS) is 11.0. The van der Waals surface area contributed by atoms with Gasteiger partial charge in [0.1, 0.15) is 5.82 Å². The molecule has 0 spiro atoms. The number of nitrogens with zero attached hydrogens (tertiary/aromatic N) is 4. The molecule has 0 unspecified atom stereocenters. The van der Waals surface area contributed by atoms with Gasteiger partial charge in [0.2, 0.25) is 0 Å². The van der Waals surface area contributed by atoms with Crippen LogP contribution in [-0.2, 0) is 13.1 Å². The van der Waals surface area contributed by atoms with Gasteiger partial charge in [0.05, 0.1) is 35.4 Å². The van der Waals surface area contributed by atoms with Crippen molar-refractivity contribution in [1.29, 1.82) is 0 Å². The number of halogens is 2. The molecule has 0 saturated heterocycles. The molecule has 1 N–H and O–H groups in total. The molecule has 2 heterocycles. The van der Waals surface area contributed by atoms with Gasteiger partial charge in [-0.25, -0.2) is 4.39 Å². The molecule has 2 aromatic heterocycles. The van der Waals surface area contributed by atoms with E-state index in [1.54, 1.807) is 21.6 Å². The summed E-state index contributed by atoms with van der Waals surface area (Å²) in [5.74, 6) is -0.622. The van der Waals surface area contributed by atoms with Crippen molar-refractivity contribution in [3.63, 3.8) is 0 Å². The van der Waals surface area contributed by atoms with Crippen molar-refractivity contribution in [2.24, 2.45) is 0 Å². The minimum atomic E-state index is -0.382. The third-order valence-electron chi connectivity index (χ3n) is 4.17. The van der Waals surface area contributed by atoms with E-state index >= 15 is 0 Å². The number of rotatable bonds is 5. The van der Waals surface area contributed by atoms with Crippen LogP contribution in [0.25, 0.3) is 0 Å². The van der Waals surface area contributed by atoms with Gasteiger partial charge in [-0.2, -0.15) is 10.2 Å². The van der Waals surface area contributed by atoms with Gasteiger partial charge in [0.25, 0.3) is 5.91 Å². The average Bonchev–Trinajstić information content (AvgIpc) is 3.18. The van der Waals surface area contributed by atoms with E-state index in [1.807, 2.05) is 20.8 Å². The van der Waals surface area contributed by atoms with Gasteiger partial charge >= 0.3 is 0 Å². The molecular formula is C18H19ClFN5O. The third-order valence-corrected chi connectivity index (χ3v) is 4.53. The quantitative estimate of drug-likeness (QED) is 0.737. The van der Waals surface area contributed by atoms with Crippen LogP contribution < -0.4 is 5.32 Å². The Kier molecular flexibility index (Phi) is 5.08. The summed E-state index contributed by atoms with van der Waals surface area (Å²) in [6.07, 6.45) is 3.23. The second-order valence-corrected chi connectivity index (χ2v) is 6.39. The number of carbonyl (C=O) groups excluding carboxylic acids is 1. The summed E-state index contributed by atoms with van der Waals surface area (Å²) >= 11 is 6.10. The molecule has 6 nitrogen and oxygen atoms in total. The molecular weight excluding hydrogens is 357 g/mol. The molecule has 136 valence electrons. The minimum absolute atomic E-state index is 0.240. The summed E-state index contributed by atoms with van der Waals surface area (Å²) in [6.45, 7) is 6.72. The molecule has 3 rings (SSSR count). The zero-order chi connectivity index (χ0) is 18.8. The van der Waals surface area contributed by atoms with E-state index in [9.17, 15) is 9.18 Å². The summed E-state index contributed by atoms with van der Waals surface area (Å²) in [5, 5.41) is 11.8. The highest BCUT2D eigenvalue weighted by Crippen LogP contribution is 2.24. The maximum Gasteiger partial charge on any atom is 0.258 e. The largest absolute Gasteiger partial charge is 0.319 e. The van der Waals surface area contributed by atoms with E-state index in [0.717, 1.165) is 11.3 Å². The monoisotopic (exact) mass is 375 g/mol. The van der Waals surface area contributed by atoms with Crippen LogP contribution in [-0.4, -0.2) is 25.5 Å². The Labute approximate surface area is 155 Å². The maximum absolute atomic E-state index is 13.2. The Morgan fingerprint density at radius 2 is 2.12 bits per heavy atom. The van der Waals surface area contributed by atoms with Crippen molar-refractivity contribution >= 4 is 23.2 Å². The molecule has 8 heteroatoms. The van der Waals surface area contributed by atoms with Gasteiger partial charge < -0.3 is 5.32 Å². The van der Waals surface area contributed by atoms with Gasteiger partial charge in [-0.15, -0.1) is 0 Å². The SMILES string of the molecule is CCn1cc(C(=O)Nc2c(C)nn(Cc3ccc(F)cc3Cl)c2C)cn1. The molecule has 0 bridgehead atoms. The number of hydrogen-bond acceptors (Lipinski definition) is 3. The van der Waals surface area contributed by atoms with Gasteiger partial charge in [-0.05, 0) is 38.5 Å². The van der Waals surface area contributed by atoms with E-state index in [-0.39, 0.29) is 11.7 Å². The fourth-order valence-electron chi connectivity index (χ4n) is 2.68. The van der Waals surface area contributed by atoms with Gasteiger partial charge in [0, 0.05) is 17.8 Å². The molecule has 0 aliphatic rings. The first-order valence-electron chi connectivity index (χ1n) is 8.20. The fraction of sp³-hybridized carbons (Fsp3) is 0.278. The standard InChI is InChI=1S/C18H19ClFN5O/c1-4-24-9-14(8-21-24)18(26)22-17-11(2)23-25(12(17)3)10-13-5-6-15(20)7-16(13)19/h5-9H,4,10H2,1-3H3,(H,22,26). The van der Waals surface area contributed by atoms with Crippen molar-refractivity contribution < 1.29 is 9.18 Å². The van der Waals surface area contributed by atoms with Crippen LogP contribution in [0.15, 0.2) is 30.6 Å². The summed E-state index contributed by atoms with van der Waals surface area (Å²) in [4.78, 5) is 12.4. The minimum Gasteiger partial charge on any atom is -0.319 e. The molecule has 26 heavy (non-hydrogen) atoms. The van der Waals surface area contributed by atoms with E-state index in [4.69, 9.17) is 11.6 Å². The number of nitrogens with one attached hydrogen (secondary N) is 1. The lowest BCUT2D eigenvalue weighted by Gasteiger charge is -2.08. The first kappa shape index (κ1) is 18.1. The second kappa shape index (κ2) is 7.29. The van der Waals surface area contributed by atoms with Gasteiger partial charge in [0.15, 0.2) is 0 Å². The molecule has 0 aliphatic carbocycles. The van der Waals surface area contributed by atoms with Gasteiger partial charge in [-0.1, -0.05) is 17.7 Å². The summed E-state index contributed by atoms with van der Waals surface area (Å²) in [7, 11) is 0. The summed E-state index contributed by atoms with van der Waals surface area (Å²) < 4.78 is 16.6. The Morgan fingerprint density at radius 1 is 1.35 bits per heavy atom. The molecule has 1 aromatic carbocycles. The lowest BCUT2D eigenvalue weighted by Crippen LogP contribution is -2.13. The predicted octanol–water partition coefficient (Wildman–Crippen LogP) is 3.81. The number of aryl methyl sites for hydroxylation is 2. The number of carbonyl (C=O) groups is 1. The van der Waals surface area contributed by atoms with Crippen LogP contribution in [0, 0.1) is 19.7 Å². The van der Waals surface area contributed by atoms with Crippen LogP contribution in [0.2, 0.25) is 5.02 Å². The Bertz CT molecular complexity index is 963. The average molecular weight is 376 g/mol. The highest BCUT2D eigenvalue weighted by Gasteiger charge is 2.17. The van der Waals surface area contributed by atoms with Crippen molar-refractivity contribution in [3.05, 3.63) is 63.9 Å². The van der Waals surface area contributed by atoms with Crippen LogP contribution >= 0.6 is 11.6 Å². The number of hydrogen-bond donors (Lipinski definition) is 1. The number of benzene rings is 1. The topological polar surface area (TPSA) is 64.7 Å². The number of anilines is 1. The van der Waals surface area contributed by atoms with E-state index in [1.165, 1.54) is 18.3 Å². The highest BCUT2D eigenvalue weighted by molar-refractivity contribution is 6.31. The third kappa shape index (κ3) is 3.62. The maximum atomic E-state index is 13.2. The molecule has 3 aromatic rings. The fourth-order valence-corrected chi connectivity index (χ4v) is 2.91. The lowest BCUT2D eigenvalue weighted by molar-refractivity contribution is 0.102. The predicted molar refractivity (Wildman–Crippen MR) is 98.1 cm³/mol. The first-order chi connectivity index (χ1) is 12.4.